The van der Waals surface area contributed by atoms with Crippen LogP contribution in [0, 0.1) is 0 Å². The van der Waals surface area contributed by atoms with Gasteiger partial charge in [0.1, 0.15) is 95.8 Å². The van der Waals surface area contributed by atoms with Crippen molar-refractivity contribution in [3.63, 3.8) is 0 Å². The molecular weight excluding hydrogens is 705 g/mol. The van der Waals surface area contributed by atoms with Crippen molar-refractivity contribution in [1.82, 2.24) is 0 Å². The number of para-hydroxylation sites is 3. The molecule has 6 bridgehead atoms. The van der Waals surface area contributed by atoms with Crippen molar-refractivity contribution in [1.29, 1.82) is 0 Å². The van der Waals surface area contributed by atoms with Gasteiger partial charge in [-0.25, -0.2) is 0 Å². The van der Waals surface area contributed by atoms with Crippen LogP contribution in [0.25, 0.3) is 11.1 Å². The van der Waals surface area contributed by atoms with Gasteiger partial charge in [-0.05, 0) is 24.3 Å². The number of phenolic OH excluding ortho intramolecular Hbond substituents is 3. The number of hydrogen-bond donors (Lipinski definition) is 9. The van der Waals surface area contributed by atoms with E-state index >= 15 is 0 Å². The third-order valence-corrected chi connectivity index (χ3v) is 7.49. The van der Waals surface area contributed by atoms with Gasteiger partial charge in [-0.15, -0.1) is 0 Å². The Morgan fingerprint density at radius 3 is 0.889 bits per heavy atom. The Bertz CT molecular complexity index is 1130. The summed E-state index contributed by atoms with van der Waals surface area (Å²) in [5, 5.41) is 46.3. The molecule has 1 heterocycles. The SMILES string of the molecule is Oc1c2cccc1C[NH2+]CC[NH2+]CC[NH2+]Cc1cccc(c1O)-c1cccc(c1O)C[NH2+]CC[NH2+]CC[NH2+]C2.[Cl-].[Cl-].[Cl-].[Cl-].[Cl-].[Cl-]. The molecule has 0 saturated carbocycles. The van der Waals surface area contributed by atoms with Crippen LogP contribution in [0.15, 0.2) is 54.6 Å². The number of aromatic hydroxyl groups is 3. The fourth-order valence-corrected chi connectivity index (χ4v) is 5.18. The van der Waals surface area contributed by atoms with Gasteiger partial charge >= 0.3 is 0 Å². The first-order chi connectivity index (χ1) is 19.1. The van der Waals surface area contributed by atoms with Crippen LogP contribution in [0.1, 0.15) is 22.3 Å². The summed E-state index contributed by atoms with van der Waals surface area (Å²) in [6, 6.07) is 17.7. The molecule has 0 aromatic heterocycles. The second kappa shape index (κ2) is 26.6. The number of rotatable bonds is 0. The average molecular weight is 753 g/mol. The predicted octanol–water partition coefficient (Wildman–Crippen LogP) is -22.4. The molecule has 0 unspecified atom stereocenters. The Labute approximate surface area is 304 Å². The highest BCUT2D eigenvalue weighted by Crippen LogP contribution is 2.38. The smallest absolute Gasteiger partial charge is 0.133 e. The highest BCUT2D eigenvalue weighted by molar-refractivity contribution is 5.77. The summed E-state index contributed by atoms with van der Waals surface area (Å²) >= 11 is 0. The molecule has 1 aliphatic heterocycles. The number of halogens is 6. The molecule has 15 N–H and O–H groups in total. The van der Waals surface area contributed by atoms with Crippen LogP contribution in [0.4, 0.5) is 0 Å². The average Bonchev–Trinajstić information content (AvgIpc) is 2.94. The van der Waals surface area contributed by atoms with E-state index in [1.165, 1.54) is 0 Å². The van der Waals surface area contributed by atoms with Crippen molar-refractivity contribution in [2.45, 2.75) is 26.2 Å². The zero-order valence-electron chi connectivity index (χ0n) is 25.3. The van der Waals surface area contributed by atoms with E-state index < -0.39 is 0 Å². The van der Waals surface area contributed by atoms with Crippen LogP contribution in [-0.4, -0.2) is 67.7 Å². The quantitative estimate of drug-likeness (QED) is 0.112. The summed E-state index contributed by atoms with van der Waals surface area (Å²) in [7, 11) is 0. The van der Waals surface area contributed by atoms with Crippen molar-refractivity contribution in [3.8, 4) is 28.4 Å². The molecule has 45 heavy (non-hydrogen) atoms. The highest BCUT2D eigenvalue weighted by atomic mass is 35.5. The van der Waals surface area contributed by atoms with E-state index in [0.717, 1.165) is 87.7 Å². The first-order valence-electron chi connectivity index (χ1n) is 14.5. The van der Waals surface area contributed by atoms with E-state index in [1.54, 1.807) is 0 Å². The van der Waals surface area contributed by atoms with Crippen molar-refractivity contribution < 1.29 is 122 Å². The van der Waals surface area contributed by atoms with Gasteiger partial charge in [0.15, 0.2) is 0 Å². The van der Waals surface area contributed by atoms with Gasteiger partial charge in [0.25, 0.3) is 0 Å². The topological polar surface area (TPSA) is 160 Å². The summed E-state index contributed by atoms with van der Waals surface area (Å²) in [6.07, 6.45) is 0. The maximum absolute atomic E-state index is 11.0. The van der Waals surface area contributed by atoms with Gasteiger partial charge in [0.05, 0.1) is 0 Å². The van der Waals surface area contributed by atoms with Gasteiger partial charge < -0.3 is 122 Å². The third kappa shape index (κ3) is 14.9. The largest absolute Gasteiger partial charge is 1.00 e. The van der Waals surface area contributed by atoms with Crippen LogP contribution in [0.3, 0.4) is 0 Å². The van der Waals surface area contributed by atoms with E-state index in [1.807, 2.05) is 54.6 Å². The summed E-state index contributed by atoms with van der Waals surface area (Å²) in [5.74, 6) is 0.943. The zero-order chi connectivity index (χ0) is 27.3. The third-order valence-electron chi connectivity index (χ3n) is 7.49. The molecule has 0 aliphatic carbocycles. The van der Waals surface area contributed by atoms with Gasteiger partial charge in [-0.2, -0.15) is 0 Å². The molecule has 1 aliphatic rings. The zero-order valence-corrected chi connectivity index (χ0v) is 29.8. The molecule has 0 saturated heterocycles. The highest BCUT2D eigenvalue weighted by Gasteiger charge is 2.16. The van der Waals surface area contributed by atoms with Crippen LogP contribution in [0.5, 0.6) is 17.2 Å². The van der Waals surface area contributed by atoms with Crippen molar-refractivity contribution in [3.05, 3.63) is 76.9 Å². The number of fused-ring (bicyclic) bond motifs is 7. The number of quaternary nitrogens is 6. The maximum Gasteiger partial charge on any atom is 0.133 e. The molecule has 0 atom stereocenters. The van der Waals surface area contributed by atoms with Crippen LogP contribution < -0.4 is 106 Å². The number of phenols is 3. The van der Waals surface area contributed by atoms with E-state index in [9.17, 15) is 15.3 Å². The summed E-state index contributed by atoms with van der Waals surface area (Å²) in [4.78, 5) is 0. The van der Waals surface area contributed by atoms with E-state index in [2.05, 4.69) is 31.9 Å². The Morgan fingerprint density at radius 1 is 0.333 bits per heavy atom. The molecule has 4 rings (SSSR count). The van der Waals surface area contributed by atoms with Crippen LogP contribution in [-0.2, 0) is 26.2 Å². The lowest BCUT2D eigenvalue weighted by atomic mass is 9.98. The van der Waals surface area contributed by atoms with Gasteiger partial charge in [0, 0.05) is 33.4 Å². The number of nitrogens with two attached hydrogens (primary N) is 6. The minimum absolute atomic E-state index is 0. The first kappa shape index (κ1) is 48.0. The monoisotopic (exact) mass is 750 g/mol. The fraction of sp³-hybridized carbons (Fsp3) is 0.400. The van der Waals surface area contributed by atoms with Crippen LogP contribution in [0.2, 0.25) is 0 Å². The molecule has 0 amide bonds. The Morgan fingerprint density at radius 2 is 0.578 bits per heavy atom. The molecule has 15 heteroatoms. The van der Waals surface area contributed by atoms with Crippen LogP contribution >= 0.6 is 0 Å². The predicted molar refractivity (Wildman–Crippen MR) is 149 cm³/mol. The minimum atomic E-state index is 0. The molecule has 0 spiro atoms. The van der Waals surface area contributed by atoms with E-state index in [-0.39, 0.29) is 85.9 Å². The standard InChI is InChI=1S/C30H42N6O3.6ClH/c37-28-22-4-1-5-23(28)19-34-15-11-32-13-17-36-21-25-7-3-9-27(30(25)39)26-8-2-6-24(29(26)38)20-35-16-12-31-10-14-33-18-22;;;;;;/h1-9,31-39H,10-21H2;6*1H. The van der Waals surface area contributed by atoms with Gasteiger partial charge in [-0.1, -0.05) is 30.3 Å². The van der Waals surface area contributed by atoms with Crippen molar-refractivity contribution in [2.75, 3.05) is 52.4 Å². The molecule has 258 valence electrons. The Kier molecular flexibility index (Phi) is 28.4. The molecule has 9 nitrogen and oxygen atoms in total. The summed E-state index contributed by atoms with van der Waals surface area (Å²) in [5.41, 5.74) is 5.13. The van der Waals surface area contributed by atoms with Crippen molar-refractivity contribution in [2.24, 2.45) is 0 Å². The lowest BCUT2D eigenvalue weighted by molar-refractivity contribution is -0.758. The second-order valence-electron chi connectivity index (χ2n) is 10.4. The molecule has 0 radical (unpaired) electrons. The number of hydrogen-bond acceptors (Lipinski definition) is 3. The minimum Gasteiger partial charge on any atom is -1.00 e. The number of benzene rings is 3. The van der Waals surface area contributed by atoms with Gasteiger partial charge in [0.2, 0.25) is 0 Å². The normalized spacial score (nSPS) is 14.9. The van der Waals surface area contributed by atoms with Crippen molar-refractivity contribution >= 4 is 0 Å². The fourth-order valence-electron chi connectivity index (χ4n) is 5.18. The lowest BCUT2D eigenvalue weighted by Gasteiger charge is -2.13. The molecular formula is C30H48Cl6N6O3. The molecule has 0 fully saturated rings. The van der Waals surface area contributed by atoms with E-state index in [0.29, 0.717) is 30.0 Å². The van der Waals surface area contributed by atoms with Gasteiger partial charge in [-0.3, -0.25) is 0 Å². The Hall–Kier alpha value is -1.44. The second-order valence-corrected chi connectivity index (χ2v) is 10.4. The summed E-state index contributed by atoms with van der Waals surface area (Å²) < 4.78 is 0. The lowest BCUT2D eigenvalue weighted by Crippen LogP contribution is -3.00. The molecule has 3 aromatic rings. The maximum atomic E-state index is 11.0. The molecule has 3 aromatic carbocycles. The van der Waals surface area contributed by atoms with E-state index in [4.69, 9.17) is 0 Å². The Balaban J connectivity index is -0.00000294. The summed E-state index contributed by atoms with van der Waals surface area (Å²) in [6.45, 7) is 10.9. The first-order valence-corrected chi connectivity index (χ1v) is 14.5.